The number of hydrogen-bond acceptors (Lipinski definition) is 1. The minimum absolute atomic E-state index is 0.0443. The maximum Gasteiger partial charge on any atom is 0.196 e. The Balaban J connectivity index is 2.17. The molecule has 0 saturated carbocycles. The molecule has 0 radical (unpaired) electrons. The number of benzene rings is 2. The quantitative estimate of drug-likeness (QED) is 0.812. The van der Waals surface area contributed by atoms with E-state index < -0.39 is 17.5 Å². The molecule has 0 aromatic heterocycles. The van der Waals surface area contributed by atoms with Gasteiger partial charge in [0.2, 0.25) is 0 Å². The highest BCUT2D eigenvalue weighted by Crippen LogP contribution is 2.20. The third kappa shape index (κ3) is 2.47. The van der Waals surface area contributed by atoms with E-state index in [1.165, 1.54) is 6.07 Å². The molecule has 18 heavy (non-hydrogen) atoms. The molecule has 0 fully saturated rings. The zero-order valence-corrected chi connectivity index (χ0v) is 9.81. The first-order valence-electron chi connectivity index (χ1n) is 5.51. The molecule has 0 aliphatic carbocycles. The third-order valence-electron chi connectivity index (χ3n) is 2.77. The normalized spacial score (nSPS) is 10.4. The number of anilines is 1. The summed E-state index contributed by atoms with van der Waals surface area (Å²) in [4.78, 5) is 0. The van der Waals surface area contributed by atoms with E-state index in [1.807, 2.05) is 31.2 Å². The van der Waals surface area contributed by atoms with Gasteiger partial charge in [0.15, 0.2) is 17.5 Å². The van der Waals surface area contributed by atoms with Gasteiger partial charge in [-0.3, -0.25) is 0 Å². The zero-order valence-electron chi connectivity index (χ0n) is 9.81. The molecule has 2 rings (SSSR count). The first-order valence-corrected chi connectivity index (χ1v) is 5.51. The van der Waals surface area contributed by atoms with Crippen LogP contribution in [0.2, 0.25) is 0 Å². The molecule has 0 saturated heterocycles. The maximum absolute atomic E-state index is 13.4. The van der Waals surface area contributed by atoms with Crippen molar-refractivity contribution in [2.45, 2.75) is 13.5 Å². The van der Waals surface area contributed by atoms with Crippen molar-refractivity contribution in [1.29, 1.82) is 0 Å². The maximum atomic E-state index is 13.4. The van der Waals surface area contributed by atoms with Crippen molar-refractivity contribution >= 4 is 5.69 Å². The summed E-state index contributed by atoms with van der Waals surface area (Å²) in [6.07, 6.45) is 0. The highest BCUT2D eigenvalue weighted by atomic mass is 19.2. The molecule has 0 bridgehead atoms. The summed E-state index contributed by atoms with van der Waals surface area (Å²) < 4.78 is 39.1. The van der Waals surface area contributed by atoms with Gasteiger partial charge in [0, 0.05) is 6.54 Å². The lowest BCUT2D eigenvalue weighted by Gasteiger charge is -2.10. The molecule has 0 spiro atoms. The molecular weight excluding hydrogens is 239 g/mol. The van der Waals surface area contributed by atoms with Crippen LogP contribution in [0.5, 0.6) is 0 Å². The highest BCUT2D eigenvalue weighted by Gasteiger charge is 2.12. The van der Waals surface area contributed by atoms with Crippen LogP contribution in [0.25, 0.3) is 0 Å². The van der Waals surface area contributed by atoms with Crippen LogP contribution in [0.1, 0.15) is 11.1 Å². The van der Waals surface area contributed by atoms with E-state index >= 15 is 0 Å². The Kier molecular flexibility index (Phi) is 3.55. The largest absolute Gasteiger partial charge is 0.378 e. The lowest BCUT2D eigenvalue weighted by atomic mass is 10.1. The predicted octanol–water partition coefficient (Wildman–Crippen LogP) is 4.02. The summed E-state index contributed by atoms with van der Waals surface area (Å²) in [5.74, 6) is -3.83. The van der Waals surface area contributed by atoms with Crippen LogP contribution in [0, 0.1) is 24.4 Å². The van der Waals surface area contributed by atoms with E-state index in [2.05, 4.69) is 5.32 Å². The molecule has 4 heteroatoms. The van der Waals surface area contributed by atoms with Crippen molar-refractivity contribution in [2.24, 2.45) is 0 Å². The van der Waals surface area contributed by atoms with Gasteiger partial charge < -0.3 is 5.32 Å². The second kappa shape index (κ2) is 5.12. The van der Waals surface area contributed by atoms with Crippen LogP contribution in [0.3, 0.4) is 0 Å². The van der Waals surface area contributed by atoms with Crippen molar-refractivity contribution in [3.05, 3.63) is 65.0 Å². The highest BCUT2D eigenvalue weighted by molar-refractivity contribution is 5.46. The minimum Gasteiger partial charge on any atom is -0.378 e. The summed E-state index contributed by atoms with van der Waals surface area (Å²) in [5.41, 5.74) is 1.98. The van der Waals surface area contributed by atoms with Gasteiger partial charge in [-0.05, 0) is 30.2 Å². The van der Waals surface area contributed by atoms with E-state index in [4.69, 9.17) is 0 Å². The van der Waals surface area contributed by atoms with Gasteiger partial charge in [-0.15, -0.1) is 0 Å². The Morgan fingerprint density at radius 2 is 1.67 bits per heavy atom. The van der Waals surface area contributed by atoms with Gasteiger partial charge in [-0.25, -0.2) is 13.2 Å². The van der Waals surface area contributed by atoms with Crippen LogP contribution in [-0.4, -0.2) is 0 Å². The fourth-order valence-corrected chi connectivity index (χ4v) is 1.66. The van der Waals surface area contributed by atoms with Gasteiger partial charge in [0.1, 0.15) is 0 Å². The predicted molar refractivity (Wildman–Crippen MR) is 64.8 cm³/mol. The van der Waals surface area contributed by atoms with Crippen LogP contribution >= 0.6 is 0 Å². The lowest BCUT2D eigenvalue weighted by Crippen LogP contribution is -2.05. The number of nitrogens with one attached hydrogen (secondary N) is 1. The van der Waals surface area contributed by atoms with Crippen LogP contribution in [0.15, 0.2) is 36.4 Å². The van der Waals surface area contributed by atoms with E-state index in [-0.39, 0.29) is 5.69 Å². The second-order valence-corrected chi connectivity index (χ2v) is 4.00. The number of aryl methyl sites for hydroxylation is 1. The Labute approximate surface area is 103 Å². The first-order chi connectivity index (χ1) is 8.59. The molecule has 0 heterocycles. The SMILES string of the molecule is Cc1ccccc1CNc1ccc(F)c(F)c1F. The average molecular weight is 251 g/mol. The van der Waals surface area contributed by atoms with Crippen LogP contribution in [-0.2, 0) is 6.54 Å². The standard InChI is InChI=1S/C14H12F3N/c1-9-4-2-3-5-10(9)8-18-12-7-6-11(15)13(16)14(12)17/h2-7,18H,8H2,1H3. The molecule has 0 amide bonds. The van der Waals surface area contributed by atoms with Gasteiger partial charge in [-0.1, -0.05) is 24.3 Å². The molecule has 0 atom stereocenters. The number of rotatable bonds is 3. The van der Waals surface area contributed by atoms with Crippen molar-refractivity contribution < 1.29 is 13.2 Å². The molecule has 0 aliphatic heterocycles. The molecular formula is C14H12F3N. The fraction of sp³-hybridized carbons (Fsp3) is 0.143. The Morgan fingerprint density at radius 1 is 0.944 bits per heavy atom. The molecule has 94 valence electrons. The Bertz CT molecular complexity index is 567. The zero-order chi connectivity index (χ0) is 13.1. The topological polar surface area (TPSA) is 12.0 Å². The lowest BCUT2D eigenvalue weighted by molar-refractivity contribution is 0.449. The van der Waals surface area contributed by atoms with Gasteiger partial charge in [0.05, 0.1) is 5.69 Å². The third-order valence-corrected chi connectivity index (χ3v) is 2.77. The number of halogens is 3. The van der Waals surface area contributed by atoms with E-state index in [9.17, 15) is 13.2 Å². The second-order valence-electron chi connectivity index (χ2n) is 4.00. The molecule has 1 nitrogen and oxygen atoms in total. The van der Waals surface area contributed by atoms with Gasteiger partial charge in [-0.2, -0.15) is 0 Å². The molecule has 0 aliphatic rings. The van der Waals surface area contributed by atoms with Crippen molar-refractivity contribution in [1.82, 2.24) is 0 Å². The minimum atomic E-state index is -1.45. The van der Waals surface area contributed by atoms with Gasteiger partial charge in [0.25, 0.3) is 0 Å². The van der Waals surface area contributed by atoms with Crippen molar-refractivity contribution in [2.75, 3.05) is 5.32 Å². The van der Waals surface area contributed by atoms with E-state index in [0.717, 1.165) is 17.2 Å². The summed E-state index contributed by atoms with van der Waals surface area (Å²) in [6, 6.07) is 9.67. The molecule has 0 unspecified atom stereocenters. The van der Waals surface area contributed by atoms with Crippen molar-refractivity contribution in [3.8, 4) is 0 Å². The summed E-state index contributed by atoms with van der Waals surface area (Å²) in [6.45, 7) is 2.29. The Hall–Kier alpha value is -1.97. The van der Waals surface area contributed by atoms with E-state index in [1.54, 1.807) is 0 Å². The monoisotopic (exact) mass is 251 g/mol. The summed E-state index contributed by atoms with van der Waals surface area (Å²) in [7, 11) is 0. The average Bonchev–Trinajstić information content (AvgIpc) is 2.37. The van der Waals surface area contributed by atoms with Crippen LogP contribution in [0.4, 0.5) is 18.9 Å². The van der Waals surface area contributed by atoms with Gasteiger partial charge >= 0.3 is 0 Å². The van der Waals surface area contributed by atoms with Crippen molar-refractivity contribution in [3.63, 3.8) is 0 Å². The molecule has 1 N–H and O–H groups in total. The summed E-state index contributed by atoms with van der Waals surface area (Å²) >= 11 is 0. The number of hydrogen-bond donors (Lipinski definition) is 1. The Morgan fingerprint density at radius 3 is 2.39 bits per heavy atom. The molecule has 2 aromatic rings. The smallest absolute Gasteiger partial charge is 0.196 e. The fourth-order valence-electron chi connectivity index (χ4n) is 1.66. The van der Waals surface area contributed by atoms with Crippen LogP contribution < -0.4 is 5.32 Å². The first kappa shape index (κ1) is 12.5. The molecule has 2 aromatic carbocycles. The van der Waals surface area contributed by atoms with E-state index in [0.29, 0.717) is 6.54 Å². The summed E-state index contributed by atoms with van der Waals surface area (Å²) in [5, 5.41) is 2.76.